The Morgan fingerprint density at radius 3 is 2.59 bits per heavy atom. The summed E-state index contributed by atoms with van der Waals surface area (Å²) in [7, 11) is 0. The zero-order chi connectivity index (χ0) is 15.4. The number of carbonyl (C=O) groups excluding carboxylic acids is 1. The molecule has 0 spiro atoms. The van der Waals surface area contributed by atoms with Crippen molar-refractivity contribution in [3.63, 3.8) is 0 Å². The van der Waals surface area contributed by atoms with Crippen LogP contribution in [0.25, 0.3) is 0 Å². The van der Waals surface area contributed by atoms with Crippen molar-refractivity contribution in [2.24, 2.45) is 0 Å². The SMILES string of the molecule is CC1Oc2ccccc2OC1C(=O)NCCc1ccccn1. The minimum atomic E-state index is -0.640. The van der Waals surface area contributed by atoms with E-state index in [2.05, 4.69) is 10.3 Å². The van der Waals surface area contributed by atoms with Gasteiger partial charge in [0.15, 0.2) is 11.5 Å². The number of fused-ring (bicyclic) bond motifs is 1. The molecule has 0 bridgehead atoms. The van der Waals surface area contributed by atoms with E-state index in [9.17, 15) is 4.79 Å². The second-order valence-electron chi connectivity index (χ2n) is 5.17. The predicted octanol–water partition coefficient (Wildman–Crippen LogP) is 1.97. The molecule has 2 aromatic rings. The summed E-state index contributed by atoms with van der Waals surface area (Å²) in [5, 5.41) is 2.88. The van der Waals surface area contributed by atoms with Gasteiger partial charge in [0.2, 0.25) is 6.10 Å². The maximum Gasteiger partial charge on any atom is 0.265 e. The molecule has 0 saturated heterocycles. The highest BCUT2D eigenvalue weighted by Gasteiger charge is 2.33. The highest BCUT2D eigenvalue weighted by atomic mass is 16.6. The van der Waals surface area contributed by atoms with Gasteiger partial charge in [0.05, 0.1) is 0 Å². The normalized spacial score (nSPS) is 19.5. The largest absolute Gasteiger partial charge is 0.482 e. The Kier molecular flexibility index (Phi) is 4.23. The lowest BCUT2D eigenvalue weighted by molar-refractivity contribution is -0.133. The van der Waals surface area contributed by atoms with Crippen LogP contribution in [0.3, 0.4) is 0 Å². The van der Waals surface area contributed by atoms with E-state index in [-0.39, 0.29) is 12.0 Å². The average Bonchev–Trinajstić information content (AvgIpc) is 2.55. The van der Waals surface area contributed by atoms with Crippen molar-refractivity contribution in [2.75, 3.05) is 6.54 Å². The Labute approximate surface area is 129 Å². The van der Waals surface area contributed by atoms with Crippen molar-refractivity contribution in [2.45, 2.75) is 25.6 Å². The molecule has 2 heterocycles. The molecule has 2 unspecified atom stereocenters. The van der Waals surface area contributed by atoms with Crippen LogP contribution in [0.1, 0.15) is 12.6 Å². The lowest BCUT2D eigenvalue weighted by Crippen LogP contribution is -2.49. The van der Waals surface area contributed by atoms with Crippen LogP contribution in [0, 0.1) is 0 Å². The van der Waals surface area contributed by atoms with E-state index in [0.29, 0.717) is 24.5 Å². The molecule has 2 atom stereocenters. The fraction of sp³-hybridized carbons (Fsp3) is 0.294. The number of para-hydroxylation sites is 2. The average molecular weight is 298 g/mol. The number of nitrogens with one attached hydrogen (secondary N) is 1. The van der Waals surface area contributed by atoms with Gasteiger partial charge in [-0.15, -0.1) is 0 Å². The standard InChI is InChI=1S/C17H18N2O3/c1-12-16(22-15-8-3-2-7-14(15)21-12)17(20)19-11-9-13-6-4-5-10-18-13/h2-8,10,12,16H,9,11H2,1H3,(H,19,20). The van der Waals surface area contributed by atoms with E-state index in [1.807, 2.05) is 43.3 Å². The Balaban J connectivity index is 1.56. The third-order valence-electron chi connectivity index (χ3n) is 3.51. The molecule has 0 aliphatic carbocycles. The summed E-state index contributed by atoms with van der Waals surface area (Å²) in [5.41, 5.74) is 0.946. The van der Waals surface area contributed by atoms with Crippen molar-refractivity contribution in [3.05, 3.63) is 54.4 Å². The molecule has 0 fully saturated rings. The van der Waals surface area contributed by atoms with Crippen molar-refractivity contribution in [3.8, 4) is 11.5 Å². The molecule has 1 N–H and O–H groups in total. The van der Waals surface area contributed by atoms with Crippen LogP contribution >= 0.6 is 0 Å². The van der Waals surface area contributed by atoms with Gasteiger partial charge in [-0.1, -0.05) is 18.2 Å². The molecule has 0 saturated carbocycles. The number of amides is 1. The van der Waals surface area contributed by atoms with Crippen LogP contribution in [-0.2, 0) is 11.2 Å². The van der Waals surface area contributed by atoms with Gasteiger partial charge in [-0.25, -0.2) is 0 Å². The van der Waals surface area contributed by atoms with Gasteiger partial charge in [0.25, 0.3) is 5.91 Å². The fourth-order valence-corrected chi connectivity index (χ4v) is 2.37. The first-order chi connectivity index (χ1) is 10.7. The highest BCUT2D eigenvalue weighted by Crippen LogP contribution is 2.33. The molecule has 1 aliphatic rings. The Hall–Kier alpha value is -2.56. The molecule has 114 valence electrons. The second-order valence-corrected chi connectivity index (χ2v) is 5.17. The highest BCUT2D eigenvalue weighted by molar-refractivity contribution is 5.82. The van der Waals surface area contributed by atoms with Gasteiger partial charge in [-0.2, -0.15) is 0 Å². The van der Waals surface area contributed by atoms with E-state index in [1.54, 1.807) is 12.3 Å². The number of ether oxygens (including phenoxy) is 2. The number of rotatable bonds is 4. The molecular weight excluding hydrogens is 280 g/mol. The van der Waals surface area contributed by atoms with E-state index >= 15 is 0 Å². The molecule has 1 aromatic heterocycles. The van der Waals surface area contributed by atoms with E-state index < -0.39 is 6.10 Å². The minimum Gasteiger partial charge on any atom is -0.482 e. The number of hydrogen-bond donors (Lipinski definition) is 1. The summed E-state index contributed by atoms with van der Waals surface area (Å²) in [4.78, 5) is 16.5. The second kappa shape index (κ2) is 6.47. The molecule has 3 rings (SSSR count). The molecule has 1 aliphatic heterocycles. The number of carbonyl (C=O) groups is 1. The smallest absolute Gasteiger partial charge is 0.265 e. The molecule has 1 aromatic carbocycles. The Morgan fingerprint density at radius 1 is 1.14 bits per heavy atom. The first-order valence-electron chi connectivity index (χ1n) is 7.34. The maximum absolute atomic E-state index is 12.3. The third-order valence-corrected chi connectivity index (χ3v) is 3.51. The van der Waals surface area contributed by atoms with Crippen LogP contribution in [0.5, 0.6) is 11.5 Å². The van der Waals surface area contributed by atoms with Crippen LogP contribution in [0.2, 0.25) is 0 Å². The summed E-state index contributed by atoms with van der Waals surface area (Å²) >= 11 is 0. The van der Waals surface area contributed by atoms with Crippen molar-refractivity contribution in [1.82, 2.24) is 10.3 Å². The van der Waals surface area contributed by atoms with Crippen LogP contribution < -0.4 is 14.8 Å². The quantitative estimate of drug-likeness (QED) is 0.937. The Bertz CT molecular complexity index is 645. The third kappa shape index (κ3) is 3.19. The number of aromatic nitrogens is 1. The summed E-state index contributed by atoms with van der Waals surface area (Å²) in [6.45, 7) is 2.35. The summed E-state index contributed by atoms with van der Waals surface area (Å²) in [6, 6.07) is 13.1. The zero-order valence-corrected chi connectivity index (χ0v) is 12.4. The van der Waals surface area contributed by atoms with Gasteiger partial charge in [-0.3, -0.25) is 9.78 Å². The number of hydrogen-bond acceptors (Lipinski definition) is 4. The van der Waals surface area contributed by atoms with Gasteiger partial charge < -0.3 is 14.8 Å². The van der Waals surface area contributed by atoms with E-state index in [4.69, 9.17) is 9.47 Å². The first kappa shape index (κ1) is 14.4. The van der Waals surface area contributed by atoms with Gasteiger partial charge in [0.1, 0.15) is 6.10 Å². The summed E-state index contributed by atoms with van der Waals surface area (Å²) < 4.78 is 11.5. The lowest BCUT2D eigenvalue weighted by atomic mass is 10.1. The summed E-state index contributed by atoms with van der Waals surface area (Å²) in [6.07, 6.45) is 1.46. The maximum atomic E-state index is 12.3. The molecule has 0 radical (unpaired) electrons. The molecule has 22 heavy (non-hydrogen) atoms. The Morgan fingerprint density at radius 2 is 1.86 bits per heavy atom. The predicted molar refractivity (Wildman–Crippen MR) is 81.9 cm³/mol. The van der Waals surface area contributed by atoms with Gasteiger partial charge in [-0.05, 0) is 31.2 Å². The monoisotopic (exact) mass is 298 g/mol. The van der Waals surface area contributed by atoms with Crippen molar-refractivity contribution in [1.29, 1.82) is 0 Å². The van der Waals surface area contributed by atoms with Crippen LogP contribution in [0.4, 0.5) is 0 Å². The number of pyridine rings is 1. The van der Waals surface area contributed by atoms with Gasteiger partial charge >= 0.3 is 0 Å². The van der Waals surface area contributed by atoms with Crippen molar-refractivity contribution >= 4 is 5.91 Å². The molecule has 5 nitrogen and oxygen atoms in total. The van der Waals surface area contributed by atoms with Gasteiger partial charge in [0, 0.05) is 24.9 Å². The fourth-order valence-electron chi connectivity index (χ4n) is 2.37. The topological polar surface area (TPSA) is 60.5 Å². The molecule has 5 heteroatoms. The zero-order valence-electron chi connectivity index (χ0n) is 12.4. The number of nitrogens with zero attached hydrogens (tertiary/aromatic N) is 1. The van der Waals surface area contributed by atoms with Crippen LogP contribution in [0.15, 0.2) is 48.7 Å². The van der Waals surface area contributed by atoms with E-state index in [1.165, 1.54) is 0 Å². The first-order valence-corrected chi connectivity index (χ1v) is 7.34. The van der Waals surface area contributed by atoms with E-state index in [0.717, 1.165) is 5.69 Å². The lowest BCUT2D eigenvalue weighted by Gasteiger charge is -2.31. The summed E-state index contributed by atoms with van der Waals surface area (Å²) in [5.74, 6) is 1.11. The minimum absolute atomic E-state index is 0.169. The van der Waals surface area contributed by atoms with Crippen molar-refractivity contribution < 1.29 is 14.3 Å². The molecule has 1 amide bonds. The van der Waals surface area contributed by atoms with Crippen LogP contribution in [-0.4, -0.2) is 29.6 Å². The molecular formula is C17H18N2O3. The number of benzene rings is 1.